The largest absolute Gasteiger partial charge is 0.104 e. The van der Waals surface area contributed by atoms with Crippen LogP contribution in [-0.2, 0) is 0 Å². The van der Waals surface area contributed by atoms with Gasteiger partial charge >= 0.3 is 0 Å². The Bertz CT molecular complexity index is 517. The average Bonchev–Trinajstić information content (AvgIpc) is 3.07. The zero-order chi connectivity index (χ0) is 17.0. The van der Waals surface area contributed by atoms with Crippen LogP contribution in [0.15, 0.2) is 44.8 Å². The maximum absolute atomic E-state index is 2.60. The van der Waals surface area contributed by atoms with Gasteiger partial charge in [0, 0.05) is 0 Å². The van der Waals surface area contributed by atoms with Crippen molar-refractivity contribution in [3.8, 4) is 0 Å². The van der Waals surface area contributed by atoms with Crippen molar-refractivity contribution in [1.82, 2.24) is 0 Å². The van der Waals surface area contributed by atoms with Crippen LogP contribution in [0.3, 0.4) is 0 Å². The van der Waals surface area contributed by atoms with Gasteiger partial charge in [0.2, 0.25) is 0 Å². The standard InChI is InChI=1S/C22H36Si/c1-7-9-11-19-13-15-21(17(19)3)23(5,6)22-16-14-20(18(22)4)12-10-8-2/h13-14H,7-12,15-16H2,1-6H3. The molecule has 0 amide bonds. The molecule has 0 unspecified atom stereocenters. The fourth-order valence-electron chi connectivity index (χ4n) is 4.39. The Labute approximate surface area is 145 Å². The van der Waals surface area contributed by atoms with E-state index in [4.69, 9.17) is 0 Å². The summed E-state index contributed by atoms with van der Waals surface area (Å²) in [4.78, 5) is 0. The van der Waals surface area contributed by atoms with Crippen molar-refractivity contribution in [3.63, 3.8) is 0 Å². The molecule has 0 spiro atoms. The van der Waals surface area contributed by atoms with E-state index in [0.717, 1.165) is 0 Å². The van der Waals surface area contributed by atoms with E-state index in [1.807, 2.05) is 10.4 Å². The molecule has 0 radical (unpaired) electrons. The smallest absolute Gasteiger partial charge is 0.0774 e. The Morgan fingerprint density at radius 1 is 0.783 bits per heavy atom. The molecule has 0 bridgehead atoms. The predicted molar refractivity (Wildman–Crippen MR) is 107 cm³/mol. The second kappa shape index (κ2) is 7.83. The van der Waals surface area contributed by atoms with Gasteiger partial charge < -0.3 is 0 Å². The van der Waals surface area contributed by atoms with Crippen molar-refractivity contribution in [3.05, 3.63) is 44.8 Å². The van der Waals surface area contributed by atoms with E-state index in [9.17, 15) is 0 Å². The molecule has 1 heteroatoms. The molecule has 2 aliphatic carbocycles. The first kappa shape index (κ1) is 18.5. The van der Waals surface area contributed by atoms with E-state index in [0.29, 0.717) is 0 Å². The van der Waals surface area contributed by atoms with Crippen molar-refractivity contribution < 1.29 is 0 Å². The highest BCUT2D eigenvalue weighted by Crippen LogP contribution is 2.43. The molecule has 0 fully saturated rings. The predicted octanol–water partition coefficient (Wildman–Crippen LogP) is 7.45. The minimum Gasteiger partial charge on any atom is -0.0774 e. The molecule has 23 heavy (non-hydrogen) atoms. The highest BCUT2D eigenvalue weighted by molar-refractivity contribution is 6.91. The highest BCUT2D eigenvalue weighted by Gasteiger charge is 2.36. The third kappa shape index (κ3) is 3.82. The van der Waals surface area contributed by atoms with Crippen LogP contribution in [0.5, 0.6) is 0 Å². The molecule has 0 nitrogen and oxygen atoms in total. The lowest BCUT2D eigenvalue weighted by atomic mass is 10.1. The SMILES string of the molecule is CCCCC1=CCC([Si](C)(C)C2=C(C)C(CCCC)=CC2)=C1C. The molecular formula is C22H36Si. The van der Waals surface area contributed by atoms with Crippen molar-refractivity contribution in [2.75, 3.05) is 0 Å². The molecule has 2 rings (SSSR count). The molecule has 0 N–H and O–H groups in total. The summed E-state index contributed by atoms with van der Waals surface area (Å²) in [5.74, 6) is 0. The van der Waals surface area contributed by atoms with Gasteiger partial charge in [-0.3, -0.25) is 0 Å². The van der Waals surface area contributed by atoms with Crippen LogP contribution in [0.25, 0.3) is 0 Å². The normalized spacial score (nSPS) is 18.9. The Hall–Kier alpha value is -0.823. The molecule has 0 heterocycles. The van der Waals surface area contributed by atoms with E-state index in [1.165, 1.54) is 51.4 Å². The van der Waals surface area contributed by atoms with Crippen molar-refractivity contribution >= 4 is 8.07 Å². The third-order valence-corrected chi connectivity index (χ3v) is 10.3. The number of unbranched alkanes of at least 4 members (excludes halogenated alkanes) is 2. The summed E-state index contributed by atoms with van der Waals surface area (Å²) in [6.07, 6.45) is 15.4. The van der Waals surface area contributed by atoms with E-state index in [1.54, 1.807) is 22.3 Å². The summed E-state index contributed by atoms with van der Waals surface area (Å²) in [6, 6.07) is 0. The molecule has 0 aromatic heterocycles. The number of hydrogen-bond acceptors (Lipinski definition) is 0. The number of hydrogen-bond donors (Lipinski definition) is 0. The van der Waals surface area contributed by atoms with Gasteiger partial charge in [-0.1, -0.05) is 73.5 Å². The van der Waals surface area contributed by atoms with Gasteiger partial charge in [-0.05, 0) is 63.5 Å². The molecule has 128 valence electrons. The lowest BCUT2D eigenvalue weighted by Gasteiger charge is -2.29. The molecule has 2 aliphatic rings. The maximum atomic E-state index is 2.60. The fourth-order valence-corrected chi connectivity index (χ4v) is 8.18. The molecule has 0 saturated carbocycles. The number of allylic oxidation sites excluding steroid dienone is 8. The minimum atomic E-state index is -1.47. The Balaban J connectivity index is 2.20. The topological polar surface area (TPSA) is 0 Å². The Morgan fingerprint density at radius 3 is 1.52 bits per heavy atom. The third-order valence-electron chi connectivity index (χ3n) is 6.08. The van der Waals surface area contributed by atoms with Crippen LogP contribution in [0.2, 0.25) is 13.1 Å². The van der Waals surface area contributed by atoms with Crippen LogP contribution in [0.4, 0.5) is 0 Å². The summed E-state index contributed by atoms with van der Waals surface area (Å²) in [5, 5.41) is 3.62. The van der Waals surface area contributed by atoms with Gasteiger partial charge in [0.15, 0.2) is 0 Å². The van der Waals surface area contributed by atoms with E-state index in [2.05, 4.69) is 52.9 Å². The van der Waals surface area contributed by atoms with Crippen LogP contribution in [0.1, 0.15) is 79.1 Å². The van der Waals surface area contributed by atoms with Gasteiger partial charge in [-0.15, -0.1) is 0 Å². The Kier molecular flexibility index (Phi) is 6.31. The van der Waals surface area contributed by atoms with Gasteiger partial charge in [0.25, 0.3) is 0 Å². The second-order valence-corrected chi connectivity index (χ2v) is 12.4. The summed E-state index contributed by atoms with van der Waals surface area (Å²) in [6.45, 7) is 14.6. The molecule has 0 aromatic rings. The molecular weight excluding hydrogens is 292 g/mol. The summed E-state index contributed by atoms with van der Waals surface area (Å²) >= 11 is 0. The summed E-state index contributed by atoms with van der Waals surface area (Å²) in [7, 11) is -1.47. The summed E-state index contributed by atoms with van der Waals surface area (Å²) in [5.41, 5.74) is 6.60. The lowest BCUT2D eigenvalue weighted by molar-refractivity contribution is 0.792. The highest BCUT2D eigenvalue weighted by atomic mass is 28.3. The molecule has 0 saturated heterocycles. The Morgan fingerprint density at radius 2 is 1.17 bits per heavy atom. The molecule has 0 aliphatic heterocycles. The van der Waals surface area contributed by atoms with Crippen molar-refractivity contribution in [1.29, 1.82) is 0 Å². The van der Waals surface area contributed by atoms with Crippen LogP contribution in [-0.4, -0.2) is 8.07 Å². The van der Waals surface area contributed by atoms with Gasteiger partial charge in [-0.25, -0.2) is 0 Å². The van der Waals surface area contributed by atoms with E-state index in [-0.39, 0.29) is 0 Å². The first-order valence-corrected chi connectivity index (χ1v) is 12.7. The van der Waals surface area contributed by atoms with Gasteiger partial charge in [0.05, 0.1) is 0 Å². The zero-order valence-electron chi connectivity index (χ0n) is 16.3. The summed E-state index contributed by atoms with van der Waals surface area (Å²) < 4.78 is 0. The minimum absolute atomic E-state index is 1.23. The van der Waals surface area contributed by atoms with Crippen molar-refractivity contribution in [2.45, 2.75) is 92.2 Å². The van der Waals surface area contributed by atoms with Crippen molar-refractivity contribution in [2.24, 2.45) is 0 Å². The fraction of sp³-hybridized carbons (Fsp3) is 0.636. The zero-order valence-corrected chi connectivity index (χ0v) is 17.3. The van der Waals surface area contributed by atoms with Gasteiger partial charge in [-0.2, -0.15) is 0 Å². The van der Waals surface area contributed by atoms with E-state index >= 15 is 0 Å². The molecule has 0 aromatic carbocycles. The quantitative estimate of drug-likeness (QED) is 0.406. The van der Waals surface area contributed by atoms with Gasteiger partial charge in [0.1, 0.15) is 8.07 Å². The molecule has 0 atom stereocenters. The number of rotatable bonds is 8. The lowest BCUT2D eigenvalue weighted by Crippen LogP contribution is -2.33. The van der Waals surface area contributed by atoms with Crippen LogP contribution >= 0.6 is 0 Å². The van der Waals surface area contributed by atoms with Crippen LogP contribution < -0.4 is 0 Å². The first-order chi connectivity index (χ1) is 10.9. The maximum Gasteiger partial charge on any atom is 0.104 e. The average molecular weight is 329 g/mol. The van der Waals surface area contributed by atoms with Crippen LogP contribution in [0, 0.1) is 0 Å². The van der Waals surface area contributed by atoms with E-state index < -0.39 is 8.07 Å². The second-order valence-electron chi connectivity index (χ2n) is 7.91. The monoisotopic (exact) mass is 328 g/mol. The first-order valence-electron chi connectivity index (χ1n) is 9.72.